The lowest BCUT2D eigenvalue weighted by Crippen LogP contribution is -2.07. The van der Waals surface area contributed by atoms with Crippen LogP contribution in [0.3, 0.4) is 0 Å². The molecular weight excluding hydrogens is 238 g/mol. The maximum absolute atomic E-state index is 5.82. The predicted molar refractivity (Wildman–Crippen MR) is 76.0 cm³/mol. The Morgan fingerprint density at radius 2 is 2.00 bits per heavy atom. The van der Waals surface area contributed by atoms with Crippen molar-refractivity contribution in [2.45, 2.75) is 40.0 Å². The average molecular weight is 259 g/mol. The van der Waals surface area contributed by atoms with E-state index in [1.165, 1.54) is 0 Å². The molecule has 1 aromatic heterocycles. The summed E-state index contributed by atoms with van der Waals surface area (Å²) in [4.78, 5) is 0. The van der Waals surface area contributed by atoms with Crippen LogP contribution in [0.4, 0.5) is 0 Å². The van der Waals surface area contributed by atoms with Crippen molar-refractivity contribution in [2.24, 2.45) is 5.73 Å². The van der Waals surface area contributed by atoms with Gasteiger partial charge in [0.15, 0.2) is 0 Å². The van der Waals surface area contributed by atoms with Crippen molar-refractivity contribution in [3.8, 4) is 5.75 Å². The minimum atomic E-state index is 0.0539. The molecule has 0 bridgehead atoms. The molecule has 4 nitrogen and oxygen atoms in total. The largest absolute Gasteiger partial charge is 0.487 e. The van der Waals surface area contributed by atoms with Gasteiger partial charge < -0.3 is 10.5 Å². The summed E-state index contributed by atoms with van der Waals surface area (Å²) in [5.74, 6) is 0.853. The van der Waals surface area contributed by atoms with E-state index >= 15 is 0 Å². The minimum Gasteiger partial charge on any atom is -0.487 e. The molecule has 0 amide bonds. The standard InChI is InChI=1S/C15H21N3O/c1-4-18-14(9-11(2)17-18)10-19-15-7-5-13(6-8-15)12(3)16/h5-9,12H,4,10,16H2,1-3H3/t12-/m0/s1. The van der Waals surface area contributed by atoms with Crippen molar-refractivity contribution < 1.29 is 4.74 Å². The fourth-order valence-corrected chi connectivity index (χ4v) is 2.01. The van der Waals surface area contributed by atoms with Gasteiger partial charge in [-0.15, -0.1) is 0 Å². The Labute approximate surface area is 114 Å². The zero-order valence-electron chi connectivity index (χ0n) is 11.8. The third-order valence-electron chi connectivity index (χ3n) is 3.08. The summed E-state index contributed by atoms with van der Waals surface area (Å²) in [6.07, 6.45) is 0. The van der Waals surface area contributed by atoms with Crippen LogP contribution >= 0.6 is 0 Å². The van der Waals surface area contributed by atoms with Gasteiger partial charge >= 0.3 is 0 Å². The molecule has 0 saturated carbocycles. The SMILES string of the molecule is CCn1nc(C)cc1COc1ccc([C@H](C)N)cc1. The third-order valence-corrected chi connectivity index (χ3v) is 3.08. The van der Waals surface area contributed by atoms with Gasteiger partial charge in [0.1, 0.15) is 12.4 Å². The van der Waals surface area contributed by atoms with Crippen molar-refractivity contribution in [3.05, 3.63) is 47.3 Å². The first-order valence-corrected chi connectivity index (χ1v) is 6.61. The fraction of sp³-hybridized carbons (Fsp3) is 0.400. The molecule has 0 radical (unpaired) electrons. The highest BCUT2D eigenvalue weighted by Gasteiger charge is 2.05. The Bertz CT molecular complexity index is 529. The minimum absolute atomic E-state index is 0.0539. The van der Waals surface area contributed by atoms with Crippen LogP contribution in [0.2, 0.25) is 0 Å². The molecule has 1 atom stereocenters. The molecule has 2 N–H and O–H groups in total. The molecule has 102 valence electrons. The second kappa shape index (κ2) is 5.89. The first-order valence-electron chi connectivity index (χ1n) is 6.61. The van der Waals surface area contributed by atoms with Crippen LogP contribution in [0.1, 0.15) is 36.8 Å². The lowest BCUT2D eigenvalue weighted by molar-refractivity contribution is 0.292. The molecule has 2 rings (SSSR count). The van der Waals surface area contributed by atoms with Crippen molar-refractivity contribution in [3.63, 3.8) is 0 Å². The number of nitrogens with two attached hydrogens (primary N) is 1. The van der Waals surface area contributed by atoms with Gasteiger partial charge in [0, 0.05) is 12.6 Å². The van der Waals surface area contributed by atoms with Gasteiger partial charge in [0.2, 0.25) is 0 Å². The molecular formula is C15H21N3O. The zero-order chi connectivity index (χ0) is 13.8. The number of hydrogen-bond acceptors (Lipinski definition) is 3. The number of ether oxygens (including phenoxy) is 1. The molecule has 0 aliphatic heterocycles. The van der Waals surface area contributed by atoms with Crippen molar-refractivity contribution in [1.82, 2.24) is 9.78 Å². The number of hydrogen-bond donors (Lipinski definition) is 1. The Kier molecular flexibility index (Phi) is 4.22. The molecule has 0 aliphatic rings. The summed E-state index contributed by atoms with van der Waals surface area (Å²) < 4.78 is 7.74. The van der Waals surface area contributed by atoms with Crippen LogP contribution in [-0.2, 0) is 13.2 Å². The summed E-state index contributed by atoms with van der Waals surface area (Å²) >= 11 is 0. The van der Waals surface area contributed by atoms with Crippen molar-refractivity contribution >= 4 is 0 Å². The predicted octanol–water partition coefficient (Wildman–Crippen LogP) is 2.81. The maximum atomic E-state index is 5.82. The third kappa shape index (κ3) is 3.35. The van der Waals surface area contributed by atoms with E-state index in [1.54, 1.807) is 0 Å². The number of benzene rings is 1. The average Bonchev–Trinajstić information content (AvgIpc) is 2.77. The van der Waals surface area contributed by atoms with Crippen LogP contribution in [0.15, 0.2) is 30.3 Å². The number of aromatic nitrogens is 2. The highest BCUT2D eigenvalue weighted by molar-refractivity contribution is 5.29. The quantitative estimate of drug-likeness (QED) is 0.898. The van der Waals surface area contributed by atoms with E-state index in [-0.39, 0.29) is 6.04 Å². The number of aryl methyl sites for hydroxylation is 2. The van der Waals surface area contributed by atoms with Gasteiger partial charge in [-0.05, 0) is 44.5 Å². The van der Waals surface area contributed by atoms with E-state index in [0.29, 0.717) is 6.61 Å². The Hall–Kier alpha value is -1.81. The van der Waals surface area contributed by atoms with E-state index < -0.39 is 0 Å². The lowest BCUT2D eigenvalue weighted by Gasteiger charge is -2.09. The van der Waals surface area contributed by atoms with Crippen molar-refractivity contribution in [1.29, 1.82) is 0 Å². The van der Waals surface area contributed by atoms with Crippen LogP contribution < -0.4 is 10.5 Å². The van der Waals surface area contributed by atoms with Gasteiger partial charge in [0.05, 0.1) is 11.4 Å². The smallest absolute Gasteiger partial charge is 0.130 e. The maximum Gasteiger partial charge on any atom is 0.130 e. The van der Waals surface area contributed by atoms with Crippen LogP contribution in [0, 0.1) is 6.92 Å². The number of nitrogens with zero attached hydrogens (tertiary/aromatic N) is 2. The summed E-state index contributed by atoms with van der Waals surface area (Å²) in [6.45, 7) is 7.43. The van der Waals surface area contributed by atoms with E-state index in [4.69, 9.17) is 10.5 Å². The summed E-state index contributed by atoms with van der Waals surface area (Å²) in [6, 6.07) is 10.0. The van der Waals surface area contributed by atoms with E-state index in [9.17, 15) is 0 Å². The van der Waals surface area contributed by atoms with Crippen LogP contribution in [-0.4, -0.2) is 9.78 Å². The van der Waals surface area contributed by atoms with Gasteiger partial charge in [-0.3, -0.25) is 4.68 Å². The summed E-state index contributed by atoms with van der Waals surface area (Å²) in [5, 5.41) is 4.40. The molecule has 1 heterocycles. The van der Waals surface area contributed by atoms with Gasteiger partial charge in [0.25, 0.3) is 0 Å². The molecule has 0 unspecified atom stereocenters. The lowest BCUT2D eigenvalue weighted by atomic mass is 10.1. The molecule has 0 aliphatic carbocycles. The van der Waals surface area contributed by atoms with Crippen molar-refractivity contribution in [2.75, 3.05) is 0 Å². The highest BCUT2D eigenvalue weighted by atomic mass is 16.5. The second-order valence-corrected chi connectivity index (χ2v) is 4.74. The molecule has 2 aromatic rings. The first-order chi connectivity index (χ1) is 9.10. The van der Waals surface area contributed by atoms with Crippen LogP contribution in [0.5, 0.6) is 5.75 Å². The molecule has 0 spiro atoms. The first kappa shape index (κ1) is 13.6. The summed E-state index contributed by atoms with van der Waals surface area (Å²) in [7, 11) is 0. The molecule has 0 fully saturated rings. The van der Waals surface area contributed by atoms with Gasteiger partial charge in [-0.25, -0.2) is 0 Å². The van der Waals surface area contributed by atoms with Gasteiger partial charge in [-0.1, -0.05) is 12.1 Å². The zero-order valence-corrected chi connectivity index (χ0v) is 11.8. The molecule has 4 heteroatoms. The summed E-state index contributed by atoms with van der Waals surface area (Å²) in [5.41, 5.74) is 9.04. The Morgan fingerprint density at radius 3 is 2.58 bits per heavy atom. The normalized spacial score (nSPS) is 12.4. The van der Waals surface area contributed by atoms with Crippen LogP contribution in [0.25, 0.3) is 0 Å². The molecule has 19 heavy (non-hydrogen) atoms. The topological polar surface area (TPSA) is 53.1 Å². The number of rotatable bonds is 5. The Balaban J connectivity index is 2.01. The monoisotopic (exact) mass is 259 g/mol. The molecule has 1 aromatic carbocycles. The van der Waals surface area contributed by atoms with Gasteiger partial charge in [-0.2, -0.15) is 5.10 Å². The second-order valence-electron chi connectivity index (χ2n) is 4.74. The fourth-order valence-electron chi connectivity index (χ4n) is 2.01. The molecule has 0 saturated heterocycles. The highest BCUT2D eigenvalue weighted by Crippen LogP contribution is 2.17. The van der Waals surface area contributed by atoms with E-state index in [0.717, 1.165) is 29.2 Å². The Morgan fingerprint density at radius 1 is 1.32 bits per heavy atom. The van der Waals surface area contributed by atoms with E-state index in [2.05, 4.69) is 18.1 Å². The van der Waals surface area contributed by atoms with E-state index in [1.807, 2.05) is 42.8 Å².